The van der Waals surface area contributed by atoms with Crippen molar-refractivity contribution in [3.63, 3.8) is 0 Å². The molecular formula is C13H16ClNO3S. The Labute approximate surface area is 118 Å². The topological polar surface area (TPSA) is 63.2 Å². The summed E-state index contributed by atoms with van der Waals surface area (Å²) in [6, 6.07) is 9.45. The van der Waals surface area contributed by atoms with Crippen LogP contribution in [0.3, 0.4) is 0 Å². The van der Waals surface area contributed by atoms with Crippen LogP contribution in [0.25, 0.3) is 0 Å². The Kier molecular flexibility index (Phi) is 4.47. The number of carbonyl (C=O) groups is 1. The molecule has 1 heterocycles. The average Bonchev–Trinajstić information content (AvgIpc) is 2.77. The van der Waals surface area contributed by atoms with E-state index in [0.29, 0.717) is 13.0 Å². The summed E-state index contributed by atoms with van der Waals surface area (Å²) in [5.41, 5.74) is 0.934. The molecule has 1 amide bonds. The molecule has 1 aliphatic rings. The molecule has 1 saturated heterocycles. The molecule has 1 aromatic rings. The summed E-state index contributed by atoms with van der Waals surface area (Å²) in [6.07, 6.45) is 0.409. The van der Waals surface area contributed by atoms with Crippen molar-refractivity contribution in [1.29, 1.82) is 0 Å². The van der Waals surface area contributed by atoms with Crippen molar-refractivity contribution < 1.29 is 13.2 Å². The van der Waals surface area contributed by atoms with E-state index in [1.165, 1.54) is 0 Å². The Morgan fingerprint density at radius 3 is 2.63 bits per heavy atom. The zero-order valence-electron chi connectivity index (χ0n) is 10.4. The molecule has 0 saturated carbocycles. The highest BCUT2D eigenvalue weighted by molar-refractivity contribution is 7.91. The summed E-state index contributed by atoms with van der Waals surface area (Å²) in [6.45, 7) is 0.306. The second-order valence-corrected chi connectivity index (χ2v) is 7.48. The predicted molar refractivity (Wildman–Crippen MR) is 74.8 cm³/mol. The largest absolute Gasteiger partial charge is 0.354 e. The molecule has 0 aliphatic carbocycles. The summed E-state index contributed by atoms with van der Waals surface area (Å²) in [5.74, 6) is -0.585. The van der Waals surface area contributed by atoms with Crippen LogP contribution >= 0.6 is 11.6 Å². The molecule has 19 heavy (non-hydrogen) atoms. The highest BCUT2D eigenvalue weighted by Crippen LogP contribution is 2.21. The number of benzene rings is 1. The number of alkyl halides is 1. The third-order valence-electron chi connectivity index (χ3n) is 3.22. The molecule has 2 unspecified atom stereocenters. The van der Waals surface area contributed by atoms with Gasteiger partial charge in [-0.05, 0) is 12.0 Å². The van der Waals surface area contributed by atoms with E-state index >= 15 is 0 Å². The Morgan fingerprint density at radius 1 is 1.37 bits per heavy atom. The van der Waals surface area contributed by atoms with Crippen LogP contribution in [0.5, 0.6) is 0 Å². The minimum Gasteiger partial charge on any atom is -0.354 e. The monoisotopic (exact) mass is 301 g/mol. The molecule has 1 fully saturated rings. The summed E-state index contributed by atoms with van der Waals surface area (Å²) < 4.78 is 22.6. The van der Waals surface area contributed by atoms with Crippen LogP contribution in [0.15, 0.2) is 30.3 Å². The van der Waals surface area contributed by atoms with E-state index < -0.39 is 15.8 Å². The van der Waals surface area contributed by atoms with Crippen LogP contribution in [-0.2, 0) is 14.6 Å². The first-order valence-electron chi connectivity index (χ1n) is 6.15. The van der Waals surface area contributed by atoms with Gasteiger partial charge in [-0.15, -0.1) is 11.6 Å². The molecule has 1 aliphatic heterocycles. The molecule has 2 rings (SSSR count). The van der Waals surface area contributed by atoms with Crippen molar-refractivity contribution in [2.24, 2.45) is 5.92 Å². The van der Waals surface area contributed by atoms with Gasteiger partial charge in [-0.3, -0.25) is 4.79 Å². The number of amides is 1. The fraction of sp³-hybridized carbons (Fsp3) is 0.462. The van der Waals surface area contributed by atoms with Crippen LogP contribution in [0, 0.1) is 5.92 Å². The third-order valence-corrected chi connectivity index (χ3v) is 5.39. The number of hydrogen-bond donors (Lipinski definition) is 1. The Hall–Kier alpha value is -1.07. The van der Waals surface area contributed by atoms with E-state index in [1.54, 1.807) is 0 Å². The summed E-state index contributed by atoms with van der Waals surface area (Å²) in [4.78, 5) is 11.8. The number of carbonyl (C=O) groups excluding carboxylic acids is 1. The third kappa shape index (κ3) is 3.94. The van der Waals surface area contributed by atoms with Gasteiger partial charge in [0.25, 0.3) is 0 Å². The first kappa shape index (κ1) is 14.3. The van der Waals surface area contributed by atoms with Gasteiger partial charge < -0.3 is 5.32 Å². The summed E-state index contributed by atoms with van der Waals surface area (Å²) in [5, 5.41) is 2.42. The Bertz CT molecular complexity index is 544. The number of nitrogens with one attached hydrogen (secondary N) is 1. The zero-order chi connectivity index (χ0) is 13.9. The van der Waals surface area contributed by atoms with Crippen LogP contribution in [-0.4, -0.2) is 32.4 Å². The molecule has 0 radical (unpaired) electrons. The van der Waals surface area contributed by atoms with Crippen molar-refractivity contribution in [3.8, 4) is 0 Å². The van der Waals surface area contributed by atoms with Gasteiger partial charge >= 0.3 is 0 Å². The van der Waals surface area contributed by atoms with Crippen molar-refractivity contribution in [2.75, 3.05) is 18.1 Å². The van der Waals surface area contributed by atoms with E-state index in [2.05, 4.69) is 5.32 Å². The van der Waals surface area contributed by atoms with Crippen LogP contribution in [0.1, 0.15) is 17.4 Å². The second-order valence-electron chi connectivity index (χ2n) is 4.72. The Balaban J connectivity index is 1.84. The summed E-state index contributed by atoms with van der Waals surface area (Å²) >= 11 is 6.18. The smallest absolute Gasteiger partial charge is 0.224 e. The predicted octanol–water partition coefficient (Wildman–Crippen LogP) is 1.52. The van der Waals surface area contributed by atoms with Crippen LogP contribution < -0.4 is 5.32 Å². The lowest BCUT2D eigenvalue weighted by molar-refractivity contribution is -0.124. The molecule has 0 spiro atoms. The fourth-order valence-electron chi connectivity index (χ4n) is 2.12. The van der Waals surface area contributed by atoms with Gasteiger partial charge in [-0.25, -0.2) is 8.42 Å². The number of rotatable bonds is 4. The van der Waals surface area contributed by atoms with Gasteiger partial charge in [0.2, 0.25) is 5.91 Å². The molecule has 2 atom stereocenters. The molecule has 6 heteroatoms. The molecule has 1 N–H and O–H groups in total. The van der Waals surface area contributed by atoms with Crippen molar-refractivity contribution >= 4 is 27.3 Å². The minimum absolute atomic E-state index is 0.0445. The van der Waals surface area contributed by atoms with Crippen LogP contribution in [0.2, 0.25) is 0 Å². The molecule has 104 valence electrons. The highest BCUT2D eigenvalue weighted by atomic mass is 35.5. The van der Waals surface area contributed by atoms with Gasteiger partial charge in [-0.2, -0.15) is 0 Å². The molecular weight excluding hydrogens is 286 g/mol. The van der Waals surface area contributed by atoms with E-state index in [4.69, 9.17) is 11.6 Å². The van der Waals surface area contributed by atoms with Crippen molar-refractivity contribution in [3.05, 3.63) is 35.9 Å². The summed E-state index contributed by atoms with van der Waals surface area (Å²) in [7, 11) is -3.03. The maximum absolute atomic E-state index is 11.8. The first-order valence-corrected chi connectivity index (χ1v) is 8.41. The maximum Gasteiger partial charge on any atom is 0.224 e. The number of halogens is 1. The molecule has 0 bridgehead atoms. The quantitative estimate of drug-likeness (QED) is 0.858. The van der Waals surface area contributed by atoms with Gasteiger partial charge in [-0.1, -0.05) is 30.3 Å². The zero-order valence-corrected chi connectivity index (χ0v) is 12.0. The number of sulfone groups is 1. The molecule has 4 nitrogen and oxygen atoms in total. The lowest BCUT2D eigenvalue weighted by Crippen LogP contribution is -2.33. The van der Waals surface area contributed by atoms with Gasteiger partial charge in [0.15, 0.2) is 9.84 Å². The highest BCUT2D eigenvalue weighted by Gasteiger charge is 2.32. The first-order chi connectivity index (χ1) is 8.98. The maximum atomic E-state index is 11.8. The lowest BCUT2D eigenvalue weighted by atomic mass is 10.1. The van der Waals surface area contributed by atoms with E-state index in [-0.39, 0.29) is 22.8 Å². The van der Waals surface area contributed by atoms with E-state index in [0.717, 1.165) is 5.56 Å². The number of hydrogen-bond acceptors (Lipinski definition) is 3. The van der Waals surface area contributed by atoms with Gasteiger partial charge in [0.05, 0.1) is 22.8 Å². The molecule has 1 aromatic carbocycles. The lowest BCUT2D eigenvalue weighted by Gasteiger charge is -2.13. The molecule has 0 aromatic heterocycles. The van der Waals surface area contributed by atoms with Crippen LogP contribution in [0.4, 0.5) is 0 Å². The van der Waals surface area contributed by atoms with E-state index in [9.17, 15) is 13.2 Å². The second kappa shape index (κ2) is 5.92. The standard InChI is InChI=1S/C13H16ClNO3S/c14-12(10-4-2-1-3-5-10)8-15-13(16)11-6-7-19(17,18)9-11/h1-5,11-12H,6-9H2,(H,15,16). The van der Waals surface area contributed by atoms with E-state index in [1.807, 2.05) is 30.3 Å². The fourth-order valence-corrected chi connectivity index (χ4v) is 4.08. The van der Waals surface area contributed by atoms with Crippen molar-refractivity contribution in [2.45, 2.75) is 11.8 Å². The normalized spacial score (nSPS) is 22.9. The van der Waals surface area contributed by atoms with Gasteiger partial charge in [0.1, 0.15) is 0 Å². The SMILES string of the molecule is O=C(NCC(Cl)c1ccccc1)C1CCS(=O)(=O)C1. The van der Waals surface area contributed by atoms with Crippen molar-refractivity contribution in [1.82, 2.24) is 5.32 Å². The minimum atomic E-state index is -3.03. The average molecular weight is 302 g/mol. The van der Waals surface area contributed by atoms with Gasteiger partial charge in [0, 0.05) is 6.54 Å². The Morgan fingerprint density at radius 2 is 2.05 bits per heavy atom.